The number of carbonyl (C=O) groups excluding carboxylic acids is 1. The molecule has 0 fully saturated rings. The first-order valence-corrected chi connectivity index (χ1v) is 6.17. The number of rotatable bonds is 9. The molecule has 0 aromatic rings. The Hall–Kier alpha value is -0.450. The molecule has 3 unspecified atom stereocenters. The summed E-state index contributed by atoms with van der Waals surface area (Å²) < 4.78 is 10.4. The van der Waals surface area contributed by atoms with Gasteiger partial charge in [-0.15, -0.1) is 0 Å². The lowest BCUT2D eigenvalue weighted by Crippen LogP contribution is -2.28. The number of hydrogen-bond acceptors (Lipinski definition) is 4. The molecule has 17 heavy (non-hydrogen) atoms. The Labute approximate surface area is 104 Å². The highest BCUT2D eigenvalue weighted by Crippen LogP contribution is 2.18. The first-order valence-electron chi connectivity index (χ1n) is 6.17. The van der Waals surface area contributed by atoms with Crippen molar-refractivity contribution >= 4 is 5.78 Å². The fourth-order valence-corrected chi connectivity index (χ4v) is 1.83. The Bertz CT molecular complexity index is 215. The van der Waals surface area contributed by atoms with Crippen LogP contribution in [0.1, 0.15) is 34.1 Å². The Morgan fingerprint density at radius 1 is 1.24 bits per heavy atom. The predicted octanol–water partition coefficient (Wildman–Crippen LogP) is 1.65. The summed E-state index contributed by atoms with van der Waals surface area (Å²) in [5.74, 6) is 0.286. The number of aliphatic hydroxyl groups excluding tert-OH is 1. The van der Waals surface area contributed by atoms with E-state index in [9.17, 15) is 9.90 Å². The second kappa shape index (κ2) is 8.61. The van der Waals surface area contributed by atoms with Gasteiger partial charge in [0.2, 0.25) is 0 Å². The van der Waals surface area contributed by atoms with Crippen molar-refractivity contribution in [3.63, 3.8) is 0 Å². The maximum absolute atomic E-state index is 11.4. The summed E-state index contributed by atoms with van der Waals surface area (Å²) in [6.45, 7) is 8.21. The van der Waals surface area contributed by atoms with E-state index in [4.69, 9.17) is 9.47 Å². The van der Waals surface area contributed by atoms with Gasteiger partial charge in [0.15, 0.2) is 0 Å². The topological polar surface area (TPSA) is 55.8 Å². The predicted molar refractivity (Wildman–Crippen MR) is 66.9 cm³/mol. The van der Waals surface area contributed by atoms with Gasteiger partial charge in [0.1, 0.15) is 5.78 Å². The number of methoxy groups -OCH3 is 1. The van der Waals surface area contributed by atoms with E-state index < -0.39 is 6.10 Å². The third-order valence-corrected chi connectivity index (χ3v) is 2.83. The Morgan fingerprint density at radius 2 is 1.82 bits per heavy atom. The number of hydrogen-bond donors (Lipinski definition) is 1. The van der Waals surface area contributed by atoms with Crippen LogP contribution in [0, 0.1) is 11.8 Å². The molecule has 0 aromatic carbocycles. The number of ether oxygens (including phenoxy) is 2. The highest BCUT2D eigenvalue weighted by Gasteiger charge is 2.22. The van der Waals surface area contributed by atoms with Crippen LogP contribution < -0.4 is 0 Å². The highest BCUT2D eigenvalue weighted by molar-refractivity contribution is 5.78. The lowest BCUT2D eigenvalue weighted by Gasteiger charge is -2.22. The zero-order valence-electron chi connectivity index (χ0n) is 11.6. The SMILES string of the molecule is COCC(C)OCC(O)CC(C(C)=O)C(C)C. The average molecular weight is 246 g/mol. The Morgan fingerprint density at radius 3 is 2.24 bits per heavy atom. The van der Waals surface area contributed by atoms with Crippen LogP contribution in [-0.2, 0) is 14.3 Å². The first-order chi connectivity index (χ1) is 7.88. The van der Waals surface area contributed by atoms with Crippen molar-refractivity contribution < 1.29 is 19.4 Å². The van der Waals surface area contributed by atoms with Gasteiger partial charge in [-0.1, -0.05) is 13.8 Å². The molecule has 0 aliphatic heterocycles. The average Bonchev–Trinajstić information content (AvgIpc) is 2.22. The van der Waals surface area contributed by atoms with Crippen molar-refractivity contribution in [3.05, 3.63) is 0 Å². The van der Waals surface area contributed by atoms with Gasteiger partial charge in [0.25, 0.3) is 0 Å². The monoisotopic (exact) mass is 246 g/mol. The molecule has 3 atom stereocenters. The molecule has 0 spiro atoms. The third-order valence-electron chi connectivity index (χ3n) is 2.83. The van der Waals surface area contributed by atoms with Gasteiger partial charge in [-0.05, 0) is 26.2 Å². The van der Waals surface area contributed by atoms with Crippen LogP contribution >= 0.6 is 0 Å². The molecule has 102 valence electrons. The van der Waals surface area contributed by atoms with E-state index in [1.807, 2.05) is 20.8 Å². The summed E-state index contributed by atoms with van der Waals surface area (Å²) in [5.41, 5.74) is 0. The fourth-order valence-electron chi connectivity index (χ4n) is 1.83. The summed E-state index contributed by atoms with van der Waals surface area (Å²) in [6.07, 6.45) is -0.165. The zero-order valence-corrected chi connectivity index (χ0v) is 11.6. The van der Waals surface area contributed by atoms with E-state index in [0.717, 1.165) is 0 Å². The maximum atomic E-state index is 11.4. The summed E-state index contributed by atoms with van der Waals surface area (Å²) in [4.78, 5) is 11.4. The van der Waals surface area contributed by atoms with Gasteiger partial charge in [-0.3, -0.25) is 4.79 Å². The molecule has 0 aliphatic carbocycles. The van der Waals surface area contributed by atoms with Crippen LogP contribution in [-0.4, -0.2) is 43.4 Å². The van der Waals surface area contributed by atoms with Crippen molar-refractivity contribution in [2.24, 2.45) is 11.8 Å². The molecule has 0 saturated carbocycles. The number of ketones is 1. The van der Waals surface area contributed by atoms with E-state index in [1.165, 1.54) is 0 Å². The highest BCUT2D eigenvalue weighted by atomic mass is 16.5. The van der Waals surface area contributed by atoms with Crippen LogP contribution in [0.15, 0.2) is 0 Å². The van der Waals surface area contributed by atoms with Gasteiger partial charge in [-0.25, -0.2) is 0 Å². The minimum atomic E-state index is -0.592. The molecule has 0 aromatic heterocycles. The second-order valence-electron chi connectivity index (χ2n) is 4.95. The Kier molecular flexibility index (Phi) is 8.39. The molecule has 4 heteroatoms. The Balaban J connectivity index is 3.98. The number of aliphatic hydroxyl groups is 1. The van der Waals surface area contributed by atoms with E-state index in [0.29, 0.717) is 13.0 Å². The molecule has 1 N–H and O–H groups in total. The van der Waals surface area contributed by atoms with E-state index in [-0.39, 0.29) is 30.3 Å². The summed E-state index contributed by atoms with van der Waals surface area (Å²) in [6, 6.07) is 0. The fraction of sp³-hybridized carbons (Fsp3) is 0.923. The van der Waals surface area contributed by atoms with Crippen LogP contribution in [0.4, 0.5) is 0 Å². The van der Waals surface area contributed by atoms with Gasteiger partial charge < -0.3 is 14.6 Å². The molecule has 4 nitrogen and oxygen atoms in total. The normalized spacial score (nSPS) is 16.9. The molecular weight excluding hydrogens is 220 g/mol. The van der Waals surface area contributed by atoms with Crippen LogP contribution in [0.3, 0.4) is 0 Å². The maximum Gasteiger partial charge on any atom is 0.133 e. The number of carbonyl (C=O) groups is 1. The minimum absolute atomic E-state index is 0.0375. The lowest BCUT2D eigenvalue weighted by molar-refractivity contribution is -0.123. The van der Waals surface area contributed by atoms with Crippen LogP contribution in [0.25, 0.3) is 0 Å². The summed E-state index contributed by atoms with van der Waals surface area (Å²) in [5, 5.41) is 9.82. The lowest BCUT2D eigenvalue weighted by atomic mass is 9.87. The summed E-state index contributed by atoms with van der Waals surface area (Å²) in [7, 11) is 1.61. The summed E-state index contributed by atoms with van der Waals surface area (Å²) >= 11 is 0. The van der Waals surface area contributed by atoms with Gasteiger partial charge in [0, 0.05) is 13.0 Å². The third kappa shape index (κ3) is 7.47. The quantitative estimate of drug-likeness (QED) is 0.672. The molecule has 0 radical (unpaired) electrons. The van der Waals surface area contributed by atoms with Gasteiger partial charge in [-0.2, -0.15) is 0 Å². The van der Waals surface area contributed by atoms with E-state index >= 15 is 0 Å². The van der Waals surface area contributed by atoms with Crippen molar-refractivity contribution in [3.8, 4) is 0 Å². The standard InChI is InChI=1S/C13H26O4/c1-9(2)13(11(4)14)6-12(15)8-17-10(3)7-16-5/h9-10,12-13,15H,6-8H2,1-5H3. The van der Waals surface area contributed by atoms with Crippen molar-refractivity contribution in [2.75, 3.05) is 20.3 Å². The molecule has 0 rings (SSSR count). The second-order valence-corrected chi connectivity index (χ2v) is 4.95. The molecule has 0 bridgehead atoms. The van der Waals surface area contributed by atoms with E-state index in [1.54, 1.807) is 14.0 Å². The molecule has 0 saturated heterocycles. The smallest absolute Gasteiger partial charge is 0.133 e. The van der Waals surface area contributed by atoms with Gasteiger partial charge in [0.05, 0.1) is 25.4 Å². The van der Waals surface area contributed by atoms with Gasteiger partial charge >= 0.3 is 0 Å². The molecular formula is C13H26O4. The van der Waals surface area contributed by atoms with Crippen molar-refractivity contribution in [2.45, 2.75) is 46.3 Å². The minimum Gasteiger partial charge on any atom is -0.391 e. The first kappa shape index (κ1) is 16.6. The van der Waals surface area contributed by atoms with Crippen LogP contribution in [0.5, 0.6) is 0 Å². The van der Waals surface area contributed by atoms with Crippen molar-refractivity contribution in [1.29, 1.82) is 0 Å². The van der Waals surface area contributed by atoms with Crippen LogP contribution in [0.2, 0.25) is 0 Å². The zero-order chi connectivity index (χ0) is 13.4. The van der Waals surface area contributed by atoms with E-state index in [2.05, 4.69) is 0 Å². The molecule has 0 aliphatic rings. The van der Waals surface area contributed by atoms with Crippen molar-refractivity contribution in [1.82, 2.24) is 0 Å². The number of Topliss-reactive ketones (excluding diaryl/α,β-unsaturated/α-hetero) is 1. The molecule has 0 heterocycles. The largest absolute Gasteiger partial charge is 0.391 e. The molecule has 0 amide bonds.